The van der Waals surface area contributed by atoms with Gasteiger partial charge >= 0.3 is 0 Å². The maximum absolute atomic E-state index is 11.7. The smallest absolute Gasteiger partial charge is 0.243 e. The molecule has 6 nitrogen and oxygen atoms in total. The van der Waals surface area contributed by atoms with Crippen LogP contribution in [0, 0.1) is 5.92 Å². The van der Waals surface area contributed by atoms with Crippen LogP contribution in [0.4, 0.5) is 5.69 Å². The second kappa shape index (κ2) is 7.85. The van der Waals surface area contributed by atoms with Gasteiger partial charge in [-0.3, -0.25) is 9.59 Å². The van der Waals surface area contributed by atoms with Crippen LogP contribution in [0.1, 0.15) is 13.8 Å². The molecular formula is C14H20ClN3O3. The molecule has 116 valence electrons. The minimum absolute atomic E-state index is 0.00783. The zero-order valence-corrected chi connectivity index (χ0v) is 13.0. The van der Waals surface area contributed by atoms with Gasteiger partial charge in [0.05, 0.1) is 24.7 Å². The Morgan fingerprint density at radius 1 is 1.38 bits per heavy atom. The van der Waals surface area contributed by atoms with E-state index in [2.05, 4.69) is 10.6 Å². The Hall–Kier alpha value is -1.79. The van der Waals surface area contributed by atoms with Crippen molar-refractivity contribution in [2.24, 2.45) is 11.7 Å². The molecule has 0 radical (unpaired) electrons. The number of nitrogens with one attached hydrogen (secondary N) is 2. The minimum Gasteiger partial charge on any atom is -0.495 e. The Kier molecular flexibility index (Phi) is 6.45. The van der Waals surface area contributed by atoms with Crippen LogP contribution < -0.4 is 21.1 Å². The molecule has 1 atom stereocenters. The molecule has 0 aliphatic heterocycles. The van der Waals surface area contributed by atoms with Gasteiger partial charge in [-0.1, -0.05) is 25.4 Å². The third kappa shape index (κ3) is 5.24. The lowest BCUT2D eigenvalue weighted by Crippen LogP contribution is -2.46. The highest BCUT2D eigenvalue weighted by Gasteiger charge is 2.17. The molecule has 7 heteroatoms. The van der Waals surface area contributed by atoms with Gasteiger partial charge in [0.2, 0.25) is 11.8 Å². The number of halogens is 1. The summed E-state index contributed by atoms with van der Waals surface area (Å²) < 4.78 is 5.02. The summed E-state index contributed by atoms with van der Waals surface area (Å²) >= 11 is 5.95. The molecule has 0 bridgehead atoms. The van der Waals surface area contributed by atoms with Crippen molar-refractivity contribution in [3.8, 4) is 5.75 Å². The zero-order chi connectivity index (χ0) is 16.0. The predicted octanol–water partition coefficient (Wildman–Crippen LogP) is 1.39. The molecule has 1 aromatic carbocycles. The van der Waals surface area contributed by atoms with Crippen LogP contribution in [0.2, 0.25) is 5.02 Å². The molecule has 4 N–H and O–H groups in total. The van der Waals surface area contributed by atoms with E-state index >= 15 is 0 Å². The maximum Gasteiger partial charge on any atom is 0.243 e. The molecule has 0 fully saturated rings. The summed E-state index contributed by atoms with van der Waals surface area (Å²) in [5.74, 6) is -0.187. The normalized spacial score (nSPS) is 11.9. The predicted molar refractivity (Wildman–Crippen MR) is 82.5 cm³/mol. The van der Waals surface area contributed by atoms with E-state index < -0.39 is 6.04 Å². The highest BCUT2D eigenvalue weighted by molar-refractivity contribution is 6.32. The van der Waals surface area contributed by atoms with Crippen molar-refractivity contribution in [1.82, 2.24) is 5.32 Å². The largest absolute Gasteiger partial charge is 0.495 e. The Morgan fingerprint density at radius 3 is 2.57 bits per heavy atom. The molecule has 1 rings (SSSR count). The van der Waals surface area contributed by atoms with Gasteiger partial charge in [0, 0.05) is 5.69 Å². The number of carbonyl (C=O) groups is 2. The van der Waals surface area contributed by atoms with E-state index in [0.717, 1.165) is 0 Å². The van der Waals surface area contributed by atoms with Gasteiger partial charge in [-0.15, -0.1) is 0 Å². The second-order valence-electron chi connectivity index (χ2n) is 4.89. The quantitative estimate of drug-likeness (QED) is 0.739. The molecule has 21 heavy (non-hydrogen) atoms. The molecule has 0 spiro atoms. The second-order valence-corrected chi connectivity index (χ2v) is 5.29. The first-order valence-electron chi connectivity index (χ1n) is 6.51. The van der Waals surface area contributed by atoms with Crippen molar-refractivity contribution in [1.29, 1.82) is 0 Å². The number of hydrogen-bond acceptors (Lipinski definition) is 4. The van der Waals surface area contributed by atoms with Crippen LogP contribution in [-0.2, 0) is 9.59 Å². The summed E-state index contributed by atoms with van der Waals surface area (Å²) in [5.41, 5.74) is 6.20. The van der Waals surface area contributed by atoms with Gasteiger partial charge < -0.3 is 21.1 Å². The third-order valence-electron chi connectivity index (χ3n) is 2.88. The number of nitrogens with two attached hydrogens (primary N) is 1. The van der Waals surface area contributed by atoms with E-state index in [1.54, 1.807) is 18.2 Å². The first kappa shape index (κ1) is 17.3. The van der Waals surface area contributed by atoms with Gasteiger partial charge in [0.1, 0.15) is 5.75 Å². The fraction of sp³-hybridized carbons (Fsp3) is 0.429. The molecule has 0 unspecified atom stereocenters. The molecule has 1 aromatic rings. The third-order valence-corrected chi connectivity index (χ3v) is 3.18. The van der Waals surface area contributed by atoms with Crippen molar-refractivity contribution < 1.29 is 14.3 Å². The lowest BCUT2D eigenvalue weighted by molar-refractivity contribution is -0.125. The van der Waals surface area contributed by atoms with Crippen LogP contribution in [0.25, 0.3) is 0 Å². The van der Waals surface area contributed by atoms with Gasteiger partial charge in [-0.25, -0.2) is 0 Å². The zero-order valence-electron chi connectivity index (χ0n) is 12.3. The van der Waals surface area contributed by atoms with Gasteiger partial charge in [0.25, 0.3) is 0 Å². The molecule has 0 aliphatic rings. The highest BCUT2D eigenvalue weighted by atomic mass is 35.5. The van der Waals surface area contributed by atoms with E-state index in [4.69, 9.17) is 22.1 Å². The molecule has 0 heterocycles. The van der Waals surface area contributed by atoms with Gasteiger partial charge in [-0.2, -0.15) is 0 Å². The number of benzene rings is 1. The molecule has 0 aliphatic carbocycles. The number of hydrogen-bond donors (Lipinski definition) is 3. The number of carbonyl (C=O) groups excluding carboxylic acids is 2. The lowest BCUT2D eigenvalue weighted by atomic mass is 10.1. The standard InChI is InChI=1S/C14H20ClN3O3/c1-8(2)13(16)14(20)17-7-12(19)18-9-4-5-11(21-3)10(15)6-9/h4-6,8,13H,7,16H2,1-3H3,(H,17,20)(H,18,19)/t13-/m0/s1. The van der Waals surface area contributed by atoms with Crippen LogP contribution in [0.5, 0.6) is 5.75 Å². The van der Waals surface area contributed by atoms with Gasteiger partial charge in [-0.05, 0) is 24.1 Å². The Balaban J connectivity index is 2.51. The lowest BCUT2D eigenvalue weighted by Gasteiger charge is -2.15. The monoisotopic (exact) mass is 313 g/mol. The Labute approximate surface area is 129 Å². The summed E-state index contributed by atoms with van der Waals surface area (Å²) in [6.45, 7) is 3.52. The number of rotatable bonds is 6. The maximum atomic E-state index is 11.7. The summed E-state index contributed by atoms with van der Waals surface area (Å²) in [4.78, 5) is 23.4. The molecule has 0 saturated heterocycles. The van der Waals surface area contributed by atoms with Crippen molar-refractivity contribution >= 4 is 29.1 Å². The number of methoxy groups -OCH3 is 1. The fourth-order valence-corrected chi connectivity index (χ4v) is 1.80. The van der Waals surface area contributed by atoms with E-state index in [-0.39, 0.29) is 24.3 Å². The van der Waals surface area contributed by atoms with E-state index in [0.29, 0.717) is 16.5 Å². The molecule has 0 saturated carbocycles. The summed E-state index contributed by atoms with van der Waals surface area (Å²) in [6.07, 6.45) is 0. The average molecular weight is 314 g/mol. The topological polar surface area (TPSA) is 93.5 Å². The molecule has 0 aromatic heterocycles. The summed E-state index contributed by atoms with van der Waals surface area (Å²) in [6, 6.07) is 4.24. The van der Waals surface area contributed by atoms with Crippen LogP contribution in [-0.4, -0.2) is 31.5 Å². The average Bonchev–Trinajstić information content (AvgIpc) is 2.44. The Bertz CT molecular complexity index is 520. The fourth-order valence-electron chi connectivity index (χ4n) is 1.54. The number of anilines is 1. The van der Waals surface area contributed by atoms with E-state index in [1.165, 1.54) is 7.11 Å². The van der Waals surface area contributed by atoms with Crippen molar-refractivity contribution in [2.45, 2.75) is 19.9 Å². The van der Waals surface area contributed by atoms with Gasteiger partial charge in [0.15, 0.2) is 0 Å². The van der Waals surface area contributed by atoms with Crippen molar-refractivity contribution in [2.75, 3.05) is 19.0 Å². The van der Waals surface area contributed by atoms with E-state index in [1.807, 2.05) is 13.8 Å². The van der Waals surface area contributed by atoms with Crippen LogP contribution in [0.3, 0.4) is 0 Å². The van der Waals surface area contributed by atoms with Crippen molar-refractivity contribution in [3.63, 3.8) is 0 Å². The number of amides is 2. The molecular weight excluding hydrogens is 294 g/mol. The van der Waals surface area contributed by atoms with Crippen molar-refractivity contribution in [3.05, 3.63) is 23.2 Å². The minimum atomic E-state index is -0.631. The number of ether oxygens (including phenoxy) is 1. The van der Waals surface area contributed by atoms with Crippen LogP contribution >= 0.6 is 11.6 Å². The molecule has 2 amide bonds. The Morgan fingerprint density at radius 2 is 2.05 bits per heavy atom. The highest BCUT2D eigenvalue weighted by Crippen LogP contribution is 2.27. The first-order chi connectivity index (χ1) is 9.85. The summed E-state index contributed by atoms with van der Waals surface area (Å²) in [7, 11) is 1.51. The summed E-state index contributed by atoms with van der Waals surface area (Å²) in [5, 5.41) is 5.50. The van der Waals surface area contributed by atoms with E-state index in [9.17, 15) is 9.59 Å². The van der Waals surface area contributed by atoms with Crippen LogP contribution in [0.15, 0.2) is 18.2 Å². The SMILES string of the molecule is COc1ccc(NC(=O)CNC(=O)[C@@H](N)C(C)C)cc1Cl. The first-order valence-corrected chi connectivity index (χ1v) is 6.89.